The minimum absolute atomic E-state index is 0.00445. The molecule has 6 heteroatoms. The van der Waals surface area contributed by atoms with Gasteiger partial charge in [-0.05, 0) is 12.8 Å². The van der Waals surface area contributed by atoms with Gasteiger partial charge in [-0.1, -0.05) is 6.42 Å². The van der Waals surface area contributed by atoms with Crippen LogP contribution in [0.3, 0.4) is 0 Å². The van der Waals surface area contributed by atoms with Crippen molar-refractivity contribution in [2.45, 2.75) is 25.7 Å². The molecule has 0 spiro atoms. The fourth-order valence-electron chi connectivity index (χ4n) is 0.828. The zero-order valence-corrected chi connectivity index (χ0v) is 7.62. The highest BCUT2D eigenvalue weighted by molar-refractivity contribution is 5.75. The summed E-state index contributed by atoms with van der Waals surface area (Å²) >= 11 is 0. The van der Waals surface area contributed by atoms with Crippen molar-refractivity contribution in [2.75, 3.05) is 13.7 Å². The lowest BCUT2D eigenvalue weighted by atomic mass is 10.2. The van der Waals surface area contributed by atoms with Crippen LogP contribution >= 0.6 is 0 Å². The Kier molecular flexibility index (Phi) is 6.58. The normalized spacial score (nSPS) is 9.31. The second-order valence-electron chi connectivity index (χ2n) is 2.54. The van der Waals surface area contributed by atoms with Gasteiger partial charge in [0.15, 0.2) is 0 Å². The summed E-state index contributed by atoms with van der Waals surface area (Å²) in [7, 11) is 1.58. The molecular formula is C7H14N2O4. The highest BCUT2D eigenvalue weighted by Gasteiger charge is 1.98. The topological polar surface area (TPSA) is 81.5 Å². The number of nitrogens with zero attached hydrogens (tertiary/aromatic N) is 1. The quantitative estimate of drug-likeness (QED) is 0.360. The first kappa shape index (κ1) is 11.7. The van der Waals surface area contributed by atoms with Gasteiger partial charge < -0.3 is 10.2 Å². The van der Waals surface area contributed by atoms with Crippen molar-refractivity contribution in [3.8, 4) is 0 Å². The molecule has 0 saturated carbocycles. The van der Waals surface area contributed by atoms with Crippen LogP contribution in [0.1, 0.15) is 25.7 Å². The Labute approximate surface area is 76.4 Å². The van der Waals surface area contributed by atoms with E-state index in [4.69, 9.17) is 0 Å². The SMILES string of the molecule is CNC(=O)CCCCCO[N+](=O)[O-]. The van der Waals surface area contributed by atoms with Crippen molar-refractivity contribution in [1.82, 2.24) is 5.32 Å². The summed E-state index contributed by atoms with van der Waals surface area (Å²) < 4.78 is 0. The largest absolute Gasteiger partial charge is 0.359 e. The van der Waals surface area contributed by atoms with E-state index in [9.17, 15) is 14.9 Å². The Hall–Kier alpha value is -1.33. The van der Waals surface area contributed by atoms with Crippen molar-refractivity contribution >= 4 is 5.91 Å². The fraction of sp³-hybridized carbons (Fsp3) is 0.857. The summed E-state index contributed by atoms with van der Waals surface area (Å²) in [4.78, 5) is 24.5. The molecule has 0 aliphatic rings. The van der Waals surface area contributed by atoms with E-state index in [1.54, 1.807) is 7.05 Å². The first-order chi connectivity index (χ1) is 6.16. The van der Waals surface area contributed by atoms with Gasteiger partial charge in [0.2, 0.25) is 5.91 Å². The van der Waals surface area contributed by atoms with Crippen molar-refractivity contribution in [2.24, 2.45) is 0 Å². The van der Waals surface area contributed by atoms with E-state index in [1.807, 2.05) is 0 Å². The molecule has 0 aromatic carbocycles. The van der Waals surface area contributed by atoms with Gasteiger partial charge in [0.05, 0.1) is 6.61 Å². The maximum absolute atomic E-state index is 10.7. The third-order valence-corrected chi connectivity index (χ3v) is 1.52. The molecule has 76 valence electrons. The number of rotatable bonds is 7. The molecule has 6 nitrogen and oxygen atoms in total. The smallest absolute Gasteiger partial charge is 0.294 e. The van der Waals surface area contributed by atoms with Crippen molar-refractivity contribution in [1.29, 1.82) is 0 Å². The number of amides is 1. The molecular weight excluding hydrogens is 176 g/mol. The van der Waals surface area contributed by atoms with Gasteiger partial charge in [0.1, 0.15) is 0 Å². The molecule has 0 unspecified atom stereocenters. The van der Waals surface area contributed by atoms with E-state index in [2.05, 4.69) is 10.2 Å². The molecule has 0 saturated heterocycles. The first-order valence-electron chi connectivity index (χ1n) is 4.14. The minimum Gasteiger partial charge on any atom is -0.359 e. The molecule has 0 aromatic rings. The molecule has 0 bridgehead atoms. The van der Waals surface area contributed by atoms with Gasteiger partial charge in [-0.2, -0.15) is 0 Å². The Bertz CT molecular complexity index is 172. The van der Waals surface area contributed by atoms with Crippen molar-refractivity contribution < 1.29 is 14.7 Å². The summed E-state index contributed by atoms with van der Waals surface area (Å²) in [6.07, 6.45) is 2.58. The minimum atomic E-state index is -0.807. The van der Waals surface area contributed by atoms with Crippen molar-refractivity contribution in [3.05, 3.63) is 10.1 Å². The predicted octanol–water partition coefficient (Wildman–Crippen LogP) is 0.501. The predicted molar refractivity (Wildman–Crippen MR) is 45.5 cm³/mol. The van der Waals surface area contributed by atoms with E-state index >= 15 is 0 Å². The molecule has 0 rings (SSSR count). The van der Waals surface area contributed by atoms with Crippen LogP contribution in [0.5, 0.6) is 0 Å². The summed E-state index contributed by atoms with van der Waals surface area (Å²) in [5.41, 5.74) is 0. The van der Waals surface area contributed by atoms with Crippen LogP contribution in [0.4, 0.5) is 0 Å². The third-order valence-electron chi connectivity index (χ3n) is 1.52. The van der Waals surface area contributed by atoms with Gasteiger partial charge in [-0.3, -0.25) is 4.79 Å². The number of unbranched alkanes of at least 4 members (excludes halogenated alkanes) is 2. The molecule has 0 radical (unpaired) electrons. The average molecular weight is 190 g/mol. The average Bonchev–Trinajstić information content (AvgIpc) is 2.10. The van der Waals surface area contributed by atoms with E-state index < -0.39 is 5.09 Å². The maximum atomic E-state index is 10.7. The lowest BCUT2D eigenvalue weighted by Crippen LogP contribution is -2.16. The van der Waals surface area contributed by atoms with Crippen LogP contribution in [0.15, 0.2) is 0 Å². The maximum Gasteiger partial charge on any atom is 0.294 e. The summed E-state index contributed by atoms with van der Waals surface area (Å²) in [5.74, 6) is -0.00445. The summed E-state index contributed by atoms with van der Waals surface area (Å²) in [5, 5.41) is 11.4. The Morgan fingerprint density at radius 2 is 2.15 bits per heavy atom. The fourth-order valence-corrected chi connectivity index (χ4v) is 0.828. The summed E-state index contributed by atoms with van der Waals surface area (Å²) in [6.45, 7) is 0.112. The molecule has 0 aliphatic heterocycles. The number of hydrogen-bond donors (Lipinski definition) is 1. The standard InChI is InChI=1S/C7H14N2O4/c1-8-7(10)5-3-2-4-6-13-9(11)12/h2-6H2,1H3,(H,8,10). The lowest BCUT2D eigenvalue weighted by molar-refractivity contribution is -0.757. The molecule has 0 aromatic heterocycles. The van der Waals surface area contributed by atoms with Gasteiger partial charge >= 0.3 is 0 Å². The van der Waals surface area contributed by atoms with E-state index in [-0.39, 0.29) is 12.5 Å². The number of carbonyl (C=O) groups excluding carboxylic acids is 1. The lowest BCUT2D eigenvalue weighted by Gasteiger charge is -1.99. The number of carbonyl (C=O) groups is 1. The molecule has 1 amide bonds. The second kappa shape index (κ2) is 7.33. The molecule has 0 heterocycles. The van der Waals surface area contributed by atoms with Gasteiger partial charge in [-0.15, -0.1) is 10.1 Å². The van der Waals surface area contributed by atoms with Crippen LogP contribution in [0, 0.1) is 10.1 Å². The molecule has 0 fully saturated rings. The van der Waals surface area contributed by atoms with Crippen LogP contribution in [0.2, 0.25) is 0 Å². The zero-order valence-electron chi connectivity index (χ0n) is 7.62. The number of hydrogen-bond acceptors (Lipinski definition) is 4. The monoisotopic (exact) mass is 190 g/mol. The number of nitrogens with one attached hydrogen (secondary N) is 1. The first-order valence-corrected chi connectivity index (χ1v) is 4.14. The van der Waals surface area contributed by atoms with Gasteiger partial charge in [0, 0.05) is 13.5 Å². The Balaban J connectivity index is 3.08. The summed E-state index contributed by atoms with van der Waals surface area (Å²) in [6, 6.07) is 0. The molecule has 13 heavy (non-hydrogen) atoms. The van der Waals surface area contributed by atoms with Crippen LogP contribution in [-0.4, -0.2) is 24.6 Å². The van der Waals surface area contributed by atoms with Crippen molar-refractivity contribution in [3.63, 3.8) is 0 Å². The molecule has 0 atom stereocenters. The molecule has 1 N–H and O–H groups in total. The van der Waals surface area contributed by atoms with Gasteiger partial charge in [-0.25, -0.2) is 0 Å². The van der Waals surface area contributed by atoms with E-state index in [1.165, 1.54) is 0 Å². The van der Waals surface area contributed by atoms with Gasteiger partial charge in [0.25, 0.3) is 5.09 Å². The van der Waals surface area contributed by atoms with Crippen LogP contribution in [0.25, 0.3) is 0 Å². The molecule has 0 aliphatic carbocycles. The van der Waals surface area contributed by atoms with Crippen LogP contribution in [-0.2, 0) is 9.63 Å². The van der Waals surface area contributed by atoms with Crippen LogP contribution < -0.4 is 5.32 Å². The Morgan fingerprint density at radius 3 is 2.69 bits per heavy atom. The second-order valence-corrected chi connectivity index (χ2v) is 2.54. The van der Waals surface area contributed by atoms with E-state index in [0.717, 1.165) is 12.8 Å². The van der Waals surface area contributed by atoms with E-state index in [0.29, 0.717) is 12.8 Å². The highest BCUT2D eigenvalue weighted by Crippen LogP contribution is 1.99. The highest BCUT2D eigenvalue weighted by atomic mass is 16.9. The Morgan fingerprint density at radius 1 is 1.46 bits per heavy atom. The zero-order chi connectivity index (χ0) is 10.1. The third kappa shape index (κ3) is 8.58.